The molecule has 324 valence electrons. The number of rotatable bonds is 4. The topological polar surface area (TPSA) is 59.1 Å². The minimum absolute atomic E-state index is 0.359. The van der Waals surface area contributed by atoms with Crippen molar-refractivity contribution >= 4 is 81.0 Å². The summed E-state index contributed by atoms with van der Waals surface area (Å²) in [6.07, 6.45) is 12.1. The van der Waals surface area contributed by atoms with Gasteiger partial charge in [0.1, 0.15) is 23.0 Å². The van der Waals surface area contributed by atoms with Crippen molar-refractivity contribution in [3.8, 4) is 23.0 Å². The first kappa shape index (κ1) is 40.0. The van der Waals surface area contributed by atoms with Gasteiger partial charge >= 0.3 is 0 Å². The predicted molar refractivity (Wildman–Crippen MR) is 268 cm³/mol. The number of anilines is 2. The highest BCUT2D eigenvalue weighted by molar-refractivity contribution is 8.01. The van der Waals surface area contributed by atoms with E-state index in [2.05, 4.69) is 69.7 Å². The smallest absolute Gasteiger partial charge is 0.178 e. The first-order chi connectivity index (χ1) is 31.5. The summed E-state index contributed by atoms with van der Waals surface area (Å²) in [5, 5.41) is 6.90. The summed E-state index contributed by atoms with van der Waals surface area (Å²) in [6.45, 7) is 0. The summed E-state index contributed by atoms with van der Waals surface area (Å²) in [4.78, 5) is 5.69. The standard InChI is InChI=1S/C54H52N2O4P2S2/c57-61(37-15-3-1-4-16-37)47-23-11-9-21-43(47)59-45-29-27-35(31-49(45)61)55-39-19-7-13-25-51(39)63-53-34-42-54(33-41(53)55)64-52-26-14-8-20-40(52)56(42)36-28-30-46-50(32-36)62(58,38-17-5-2-6-18-38)48-24-12-10-22-44(48)60-46/h1-6,9-12,15-18,21-24,27-32,39-42,51-54H,7-8,13-14,19-20,25-26,33-34H2. The Kier molecular flexibility index (Phi) is 9.78. The van der Waals surface area contributed by atoms with Crippen LogP contribution in [-0.2, 0) is 9.13 Å². The number of hydrogen-bond acceptors (Lipinski definition) is 8. The molecular formula is C54H52N2O4P2S2. The van der Waals surface area contributed by atoms with Crippen LogP contribution in [0.15, 0.2) is 146 Å². The van der Waals surface area contributed by atoms with Crippen LogP contribution in [-0.4, -0.2) is 45.2 Å². The Labute approximate surface area is 385 Å². The van der Waals surface area contributed by atoms with Gasteiger partial charge in [-0.15, -0.1) is 0 Å². The molecule has 13 rings (SSSR count). The Morgan fingerprint density at radius 3 is 1.25 bits per heavy atom. The molecule has 0 amide bonds. The molecule has 6 nitrogen and oxygen atoms in total. The lowest BCUT2D eigenvalue weighted by atomic mass is 9.82. The summed E-state index contributed by atoms with van der Waals surface area (Å²) >= 11 is 4.57. The second-order valence-corrected chi connectivity index (χ2v) is 27.2. The Balaban J connectivity index is 0.901. The zero-order valence-corrected chi connectivity index (χ0v) is 39.2. The predicted octanol–water partition coefficient (Wildman–Crippen LogP) is 10.9. The lowest BCUT2D eigenvalue weighted by Crippen LogP contribution is -2.67. The normalized spacial score (nSPS) is 32.1. The van der Waals surface area contributed by atoms with Gasteiger partial charge in [0, 0.05) is 67.2 Å². The summed E-state index contributed by atoms with van der Waals surface area (Å²) in [5.41, 5.74) is 2.40. The third-order valence-electron chi connectivity index (χ3n) is 15.5. The summed E-state index contributed by atoms with van der Waals surface area (Å²) in [6, 6.07) is 51.0. The van der Waals surface area contributed by atoms with Crippen LogP contribution in [0.25, 0.3) is 0 Å². The molecule has 6 aromatic carbocycles. The van der Waals surface area contributed by atoms with Gasteiger partial charge in [-0.3, -0.25) is 0 Å². The summed E-state index contributed by atoms with van der Waals surface area (Å²) in [5.74, 6) is 2.79. The highest BCUT2D eigenvalue weighted by Gasteiger charge is 2.55. The Bertz CT molecular complexity index is 2690. The molecule has 2 saturated heterocycles. The van der Waals surface area contributed by atoms with Crippen molar-refractivity contribution in [3.05, 3.63) is 146 Å². The van der Waals surface area contributed by atoms with Gasteiger partial charge in [-0.05, 0) is 99.2 Å². The van der Waals surface area contributed by atoms with E-state index in [-0.39, 0.29) is 0 Å². The molecule has 7 aliphatic rings. The van der Waals surface area contributed by atoms with E-state index in [0.717, 1.165) is 44.7 Å². The van der Waals surface area contributed by atoms with E-state index < -0.39 is 14.3 Å². The van der Waals surface area contributed by atoms with Crippen molar-refractivity contribution in [2.24, 2.45) is 0 Å². The number of hydrogen-bond donors (Lipinski definition) is 0. The molecule has 3 aliphatic carbocycles. The van der Waals surface area contributed by atoms with Gasteiger partial charge in [0.2, 0.25) is 0 Å². The van der Waals surface area contributed by atoms with Crippen molar-refractivity contribution in [2.45, 2.75) is 109 Å². The van der Waals surface area contributed by atoms with Crippen LogP contribution < -0.4 is 51.1 Å². The number of benzene rings is 6. The van der Waals surface area contributed by atoms with E-state index >= 15 is 9.13 Å². The van der Waals surface area contributed by atoms with Crippen LogP contribution in [0.3, 0.4) is 0 Å². The van der Waals surface area contributed by atoms with E-state index in [9.17, 15) is 0 Å². The fourth-order valence-corrected chi connectivity index (χ4v) is 22.3. The number of nitrogens with zero attached hydrogens (tertiary/aromatic N) is 2. The molecule has 3 saturated carbocycles. The van der Waals surface area contributed by atoms with Gasteiger partial charge in [0.15, 0.2) is 14.3 Å². The molecule has 10 atom stereocenters. The van der Waals surface area contributed by atoms with Crippen LogP contribution in [0.5, 0.6) is 23.0 Å². The van der Waals surface area contributed by atoms with Crippen molar-refractivity contribution in [1.29, 1.82) is 0 Å². The number of ether oxygens (including phenoxy) is 2. The minimum Gasteiger partial charge on any atom is -0.456 e. The molecule has 4 aliphatic heterocycles. The van der Waals surface area contributed by atoms with Gasteiger partial charge in [0.05, 0.1) is 21.2 Å². The maximum absolute atomic E-state index is 15.9. The molecule has 10 heteroatoms. The Morgan fingerprint density at radius 1 is 0.406 bits per heavy atom. The monoisotopic (exact) mass is 918 g/mol. The van der Waals surface area contributed by atoms with Crippen molar-refractivity contribution in [3.63, 3.8) is 0 Å². The van der Waals surface area contributed by atoms with Crippen molar-refractivity contribution in [2.75, 3.05) is 9.80 Å². The van der Waals surface area contributed by atoms with E-state index in [1.54, 1.807) is 0 Å². The molecule has 0 N–H and O–H groups in total. The Hall–Kier alpha value is -4.32. The number of para-hydroxylation sites is 2. The second-order valence-electron chi connectivity index (χ2n) is 18.9. The van der Waals surface area contributed by atoms with Crippen LogP contribution in [0, 0.1) is 0 Å². The largest absolute Gasteiger partial charge is 0.456 e. The maximum atomic E-state index is 15.9. The number of thioether (sulfide) groups is 2. The fraction of sp³-hybridized carbons (Fsp3) is 0.333. The van der Waals surface area contributed by atoms with E-state index in [4.69, 9.17) is 9.47 Å². The fourth-order valence-electron chi connectivity index (χ4n) is 12.7. The van der Waals surface area contributed by atoms with Gasteiger partial charge in [0.25, 0.3) is 0 Å². The molecule has 6 aromatic rings. The number of fused-ring (bicyclic) bond motifs is 8. The maximum Gasteiger partial charge on any atom is 0.178 e. The van der Waals surface area contributed by atoms with Gasteiger partial charge < -0.3 is 28.4 Å². The molecule has 0 spiro atoms. The summed E-state index contributed by atoms with van der Waals surface area (Å²) < 4.78 is 45.0. The first-order valence-corrected chi connectivity index (χ1v) is 28.8. The quantitative estimate of drug-likeness (QED) is 0.162. The van der Waals surface area contributed by atoms with E-state index in [0.29, 0.717) is 68.2 Å². The molecule has 0 bridgehead atoms. The van der Waals surface area contributed by atoms with Gasteiger partial charge in [-0.25, -0.2) is 0 Å². The second kappa shape index (κ2) is 15.7. The third-order valence-corrected chi connectivity index (χ3v) is 25.2. The van der Waals surface area contributed by atoms with Crippen LogP contribution in [0.4, 0.5) is 11.4 Å². The molecular weight excluding hydrogens is 867 g/mol. The highest BCUT2D eigenvalue weighted by Crippen LogP contribution is 2.58. The van der Waals surface area contributed by atoms with Crippen LogP contribution in [0.2, 0.25) is 0 Å². The first-order valence-electron chi connectivity index (χ1n) is 23.5. The highest BCUT2D eigenvalue weighted by atomic mass is 32.2. The molecule has 5 fully saturated rings. The molecule has 0 aromatic heterocycles. The SMILES string of the molecule is O=P1(c2ccccc2)c2ccccc2Oc2ccc(N3C4CCCCC4SC4CC5C(CC43)SC3CCCCC3N5c3ccc4c(c3)P(=O)(c3ccccc3)c3ccccc3O4)cc21. The van der Waals surface area contributed by atoms with Gasteiger partial charge in [-0.2, -0.15) is 23.5 Å². The minimum atomic E-state index is -3.23. The van der Waals surface area contributed by atoms with Crippen LogP contribution >= 0.6 is 37.8 Å². The lowest BCUT2D eigenvalue weighted by Gasteiger charge is -2.61. The van der Waals surface area contributed by atoms with Gasteiger partial charge in [-0.1, -0.05) is 111 Å². The zero-order valence-electron chi connectivity index (χ0n) is 35.8. The van der Waals surface area contributed by atoms with Crippen molar-refractivity contribution in [1.82, 2.24) is 0 Å². The summed E-state index contributed by atoms with van der Waals surface area (Å²) in [7, 11) is -6.46. The zero-order chi connectivity index (χ0) is 42.6. The van der Waals surface area contributed by atoms with Crippen LogP contribution in [0.1, 0.15) is 64.2 Å². The average Bonchev–Trinajstić information content (AvgIpc) is 3.35. The molecule has 0 radical (unpaired) electrons. The average molecular weight is 919 g/mol. The molecule has 64 heavy (non-hydrogen) atoms. The molecule has 10 unspecified atom stereocenters. The van der Waals surface area contributed by atoms with E-state index in [1.807, 2.05) is 109 Å². The third kappa shape index (κ3) is 6.14. The molecule has 4 heterocycles. The lowest BCUT2D eigenvalue weighted by molar-refractivity contribution is 0.287. The Morgan fingerprint density at radius 2 is 0.797 bits per heavy atom. The van der Waals surface area contributed by atoms with E-state index in [1.165, 1.54) is 62.7 Å². The van der Waals surface area contributed by atoms with Crippen molar-refractivity contribution < 1.29 is 18.6 Å².